The van der Waals surface area contributed by atoms with Crippen LogP contribution in [0, 0.1) is 5.92 Å². The van der Waals surface area contributed by atoms with E-state index in [0.717, 1.165) is 5.56 Å². The Morgan fingerprint density at radius 2 is 1.86 bits per heavy atom. The maximum Gasteiger partial charge on any atom is 0.255 e. The van der Waals surface area contributed by atoms with Crippen molar-refractivity contribution in [2.24, 2.45) is 5.92 Å². The molecule has 0 radical (unpaired) electrons. The minimum Gasteiger partial charge on any atom is -0.493 e. The lowest BCUT2D eigenvalue weighted by Crippen LogP contribution is -2.12. The van der Waals surface area contributed by atoms with E-state index in [9.17, 15) is 4.79 Å². The molecule has 4 aromatic rings. The minimum atomic E-state index is -0.203. The molecule has 1 amide bonds. The molecular weight excluding hydrogens is 364 g/mol. The Morgan fingerprint density at radius 1 is 1.03 bits per heavy atom. The van der Waals surface area contributed by atoms with Crippen LogP contribution in [0.5, 0.6) is 5.75 Å². The summed E-state index contributed by atoms with van der Waals surface area (Å²) in [6.45, 7) is 4.78. The van der Waals surface area contributed by atoms with Crippen molar-refractivity contribution >= 4 is 22.7 Å². The molecule has 5 heteroatoms. The first-order valence-electron chi connectivity index (χ1n) is 9.59. The van der Waals surface area contributed by atoms with Crippen molar-refractivity contribution in [3.8, 4) is 17.2 Å². The van der Waals surface area contributed by atoms with Gasteiger partial charge in [0.05, 0.1) is 6.61 Å². The van der Waals surface area contributed by atoms with E-state index in [2.05, 4.69) is 24.1 Å². The van der Waals surface area contributed by atoms with Crippen LogP contribution in [0.2, 0.25) is 0 Å². The van der Waals surface area contributed by atoms with Crippen LogP contribution in [0.4, 0.5) is 5.69 Å². The minimum absolute atomic E-state index is 0.203. The van der Waals surface area contributed by atoms with Crippen LogP contribution < -0.4 is 10.1 Å². The maximum atomic E-state index is 12.7. The largest absolute Gasteiger partial charge is 0.493 e. The molecule has 0 unspecified atom stereocenters. The van der Waals surface area contributed by atoms with Crippen molar-refractivity contribution in [2.75, 3.05) is 11.9 Å². The number of benzene rings is 3. The highest BCUT2D eigenvalue weighted by molar-refractivity contribution is 6.05. The number of hydrogen-bond donors (Lipinski definition) is 1. The first-order chi connectivity index (χ1) is 14.1. The molecule has 0 spiro atoms. The number of carbonyl (C=O) groups excluding carboxylic acids is 1. The van der Waals surface area contributed by atoms with Gasteiger partial charge < -0.3 is 14.5 Å². The van der Waals surface area contributed by atoms with E-state index in [1.807, 2.05) is 54.6 Å². The Balaban J connectivity index is 1.52. The molecule has 0 saturated carbocycles. The molecule has 146 valence electrons. The average Bonchev–Trinajstić information content (AvgIpc) is 3.16. The highest BCUT2D eigenvalue weighted by Gasteiger charge is 2.11. The molecule has 1 aromatic heterocycles. The van der Waals surface area contributed by atoms with Gasteiger partial charge >= 0.3 is 0 Å². The molecule has 0 aliphatic carbocycles. The van der Waals surface area contributed by atoms with Gasteiger partial charge in [0.25, 0.3) is 5.91 Å². The lowest BCUT2D eigenvalue weighted by molar-refractivity contribution is 0.102. The first kappa shape index (κ1) is 18.7. The van der Waals surface area contributed by atoms with E-state index in [4.69, 9.17) is 9.15 Å². The van der Waals surface area contributed by atoms with Crippen molar-refractivity contribution in [3.05, 3.63) is 78.4 Å². The lowest BCUT2D eigenvalue weighted by Gasteiger charge is -2.10. The first-order valence-corrected chi connectivity index (χ1v) is 9.59. The van der Waals surface area contributed by atoms with Crippen molar-refractivity contribution in [3.63, 3.8) is 0 Å². The van der Waals surface area contributed by atoms with Gasteiger partial charge in [-0.05, 0) is 54.4 Å². The summed E-state index contributed by atoms with van der Waals surface area (Å²) in [4.78, 5) is 17.2. The number of nitrogens with zero attached hydrogens (tertiary/aromatic N) is 1. The Labute approximate surface area is 169 Å². The molecule has 0 saturated heterocycles. The molecule has 5 nitrogen and oxygen atoms in total. The zero-order valence-corrected chi connectivity index (χ0v) is 16.4. The lowest BCUT2D eigenvalue weighted by atomic mass is 10.2. The number of carbonyl (C=O) groups is 1. The molecule has 0 fully saturated rings. The van der Waals surface area contributed by atoms with E-state index in [1.165, 1.54) is 0 Å². The fraction of sp³-hybridized carbons (Fsp3) is 0.167. The van der Waals surface area contributed by atoms with Gasteiger partial charge in [-0.15, -0.1) is 0 Å². The van der Waals surface area contributed by atoms with Gasteiger partial charge in [-0.3, -0.25) is 4.79 Å². The van der Waals surface area contributed by atoms with E-state index in [1.54, 1.807) is 18.2 Å². The number of aromatic nitrogens is 1. The van der Waals surface area contributed by atoms with Gasteiger partial charge in [0.1, 0.15) is 11.3 Å². The molecule has 4 rings (SSSR count). The van der Waals surface area contributed by atoms with Gasteiger partial charge in [0.15, 0.2) is 5.58 Å². The Bertz CT molecular complexity index is 1130. The SMILES string of the molecule is CC(C)COc1cccc(C(=O)Nc2ccc3oc(-c4ccccc4)nc3c2)c1. The number of oxazole rings is 1. The van der Waals surface area contributed by atoms with Crippen LogP contribution in [-0.4, -0.2) is 17.5 Å². The maximum absolute atomic E-state index is 12.7. The number of amides is 1. The summed E-state index contributed by atoms with van der Waals surface area (Å²) in [7, 11) is 0. The average molecular weight is 386 g/mol. The molecule has 0 aliphatic heterocycles. The third kappa shape index (κ3) is 4.46. The third-order valence-electron chi connectivity index (χ3n) is 4.35. The van der Waals surface area contributed by atoms with Crippen LogP contribution in [0.25, 0.3) is 22.6 Å². The van der Waals surface area contributed by atoms with E-state index < -0.39 is 0 Å². The van der Waals surface area contributed by atoms with Gasteiger partial charge in [-0.25, -0.2) is 4.98 Å². The molecule has 0 aliphatic rings. The van der Waals surface area contributed by atoms with Gasteiger partial charge in [-0.2, -0.15) is 0 Å². The molecule has 1 heterocycles. The Hall–Kier alpha value is -3.60. The number of nitrogens with one attached hydrogen (secondary N) is 1. The molecule has 3 aromatic carbocycles. The van der Waals surface area contributed by atoms with Crippen molar-refractivity contribution < 1.29 is 13.9 Å². The number of ether oxygens (including phenoxy) is 1. The second-order valence-corrected chi connectivity index (χ2v) is 7.25. The van der Waals surface area contributed by atoms with Crippen molar-refractivity contribution in [1.82, 2.24) is 4.98 Å². The topological polar surface area (TPSA) is 64.4 Å². The van der Waals surface area contributed by atoms with Crippen LogP contribution in [0.3, 0.4) is 0 Å². The predicted molar refractivity (Wildman–Crippen MR) is 114 cm³/mol. The highest BCUT2D eigenvalue weighted by Crippen LogP contribution is 2.26. The van der Waals surface area contributed by atoms with Crippen LogP contribution >= 0.6 is 0 Å². The van der Waals surface area contributed by atoms with Crippen molar-refractivity contribution in [2.45, 2.75) is 13.8 Å². The van der Waals surface area contributed by atoms with Crippen LogP contribution in [0.15, 0.2) is 77.2 Å². The van der Waals surface area contributed by atoms with Crippen LogP contribution in [0.1, 0.15) is 24.2 Å². The van der Waals surface area contributed by atoms with Crippen LogP contribution in [-0.2, 0) is 0 Å². The number of hydrogen-bond acceptors (Lipinski definition) is 4. The number of anilines is 1. The van der Waals surface area contributed by atoms with E-state index >= 15 is 0 Å². The Morgan fingerprint density at radius 3 is 2.66 bits per heavy atom. The summed E-state index contributed by atoms with van der Waals surface area (Å²) in [6, 6.07) is 22.3. The monoisotopic (exact) mass is 386 g/mol. The smallest absolute Gasteiger partial charge is 0.255 e. The zero-order chi connectivity index (χ0) is 20.2. The summed E-state index contributed by atoms with van der Waals surface area (Å²) in [5.74, 6) is 1.46. The molecular formula is C24H22N2O3. The summed E-state index contributed by atoms with van der Waals surface area (Å²) in [5.41, 5.74) is 3.47. The molecule has 0 atom stereocenters. The van der Waals surface area contributed by atoms with Gasteiger partial charge in [0, 0.05) is 16.8 Å². The summed E-state index contributed by atoms with van der Waals surface area (Å²) in [5, 5.41) is 2.92. The van der Waals surface area contributed by atoms with Gasteiger partial charge in [0.2, 0.25) is 5.89 Å². The fourth-order valence-electron chi connectivity index (χ4n) is 2.90. The highest BCUT2D eigenvalue weighted by atomic mass is 16.5. The third-order valence-corrected chi connectivity index (χ3v) is 4.35. The number of fused-ring (bicyclic) bond motifs is 1. The number of rotatable bonds is 6. The van der Waals surface area contributed by atoms with E-state index in [0.29, 0.717) is 46.5 Å². The second-order valence-electron chi connectivity index (χ2n) is 7.25. The van der Waals surface area contributed by atoms with E-state index in [-0.39, 0.29) is 5.91 Å². The normalized spacial score (nSPS) is 11.0. The molecule has 1 N–H and O–H groups in total. The standard InChI is InChI=1S/C24H22N2O3/c1-16(2)15-28-20-10-6-9-18(13-20)23(27)25-19-11-12-22-21(14-19)26-24(29-22)17-7-4-3-5-8-17/h3-14,16H,15H2,1-2H3,(H,25,27). The van der Waals surface area contributed by atoms with Crippen molar-refractivity contribution in [1.29, 1.82) is 0 Å². The summed E-state index contributed by atoms with van der Waals surface area (Å²) in [6.07, 6.45) is 0. The predicted octanol–water partition coefficient (Wildman–Crippen LogP) is 5.78. The second kappa shape index (κ2) is 8.19. The summed E-state index contributed by atoms with van der Waals surface area (Å²) < 4.78 is 11.5. The van der Waals surface area contributed by atoms with Gasteiger partial charge in [-0.1, -0.05) is 38.1 Å². The molecule has 29 heavy (non-hydrogen) atoms. The Kier molecular flexibility index (Phi) is 5.29. The summed E-state index contributed by atoms with van der Waals surface area (Å²) >= 11 is 0. The molecule has 0 bridgehead atoms. The zero-order valence-electron chi connectivity index (χ0n) is 16.4. The quantitative estimate of drug-likeness (QED) is 0.456. The fourth-order valence-corrected chi connectivity index (χ4v) is 2.90.